The maximum Gasteiger partial charge on any atom is 0.290 e. The third-order valence-electron chi connectivity index (χ3n) is 3.40. The highest BCUT2D eigenvalue weighted by atomic mass is 35.5. The van der Waals surface area contributed by atoms with Gasteiger partial charge in [0.1, 0.15) is 5.92 Å². The summed E-state index contributed by atoms with van der Waals surface area (Å²) in [5.41, 5.74) is 0.690. The van der Waals surface area contributed by atoms with Crippen LogP contribution in [0.1, 0.15) is 5.56 Å². The Morgan fingerprint density at radius 2 is 2.05 bits per heavy atom. The molecular formula is C14H14Cl2N2O4. The third kappa shape index (κ3) is 3.24. The van der Waals surface area contributed by atoms with Crippen LogP contribution in [0.2, 0.25) is 10.0 Å². The third-order valence-corrected chi connectivity index (χ3v) is 4.14. The van der Waals surface area contributed by atoms with Crippen LogP contribution in [-0.4, -0.2) is 48.3 Å². The summed E-state index contributed by atoms with van der Waals surface area (Å²) in [5, 5.41) is 1.79. The molecule has 6 nitrogen and oxygen atoms in total. The molecule has 2 rings (SSSR count). The molecule has 1 aromatic carbocycles. The fourth-order valence-corrected chi connectivity index (χ4v) is 2.50. The lowest BCUT2D eigenvalue weighted by Gasteiger charge is -2.22. The number of carbonyl (C=O) groups excluding carboxylic acids is 3. The van der Waals surface area contributed by atoms with E-state index in [0.29, 0.717) is 15.6 Å². The Hall–Kier alpha value is -1.63. The fourth-order valence-electron chi connectivity index (χ4n) is 2.18. The number of ketones is 1. The Labute approximate surface area is 137 Å². The van der Waals surface area contributed by atoms with Crippen LogP contribution in [0.5, 0.6) is 0 Å². The van der Waals surface area contributed by atoms with Gasteiger partial charge < -0.3 is 4.90 Å². The molecule has 1 saturated heterocycles. The molecule has 2 amide bonds. The largest absolute Gasteiger partial charge is 0.338 e. The Bertz CT molecular complexity index is 635. The molecule has 0 aliphatic carbocycles. The average molecular weight is 345 g/mol. The van der Waals surface area contributed by atoms with E-state index < -0.39 is 23.5 Å². The number of nitrogens with zero attached hydrogens (tertiary/aromatic N) is 2. The summed E-state index contributed by atoms with van der Waals surface area (Å²) in [7, 11) is 2.80. The van der Waals surface area contributed by atoms with Gasteiger partial charge in [0.2, 0.25) is 5.78 Å². The Morgan fingerprint density at radius 1 is 1.36 bits per heavy atom. The molecule has 1 atom stereocenters. The molecule has 0 bridgehead atoms. The van der Waals surface area contributed by atoms with Crippen molar-refractivity contribution < 1.29 is 19.2 Å². The zero-order chi connectivity index (χ0) is 16.4. The molecule has 118 valence electrons. The van der Waals surface area contributed by atoms with E-state index in [4.69, 9.17) is 28.0 Å². The van der Waals surface area contributed by atoms with Crippen LogP contribution in [-0.2, 0) is 25.8 Å². The number of hydrogen-bond donors (Lipinski definition) is 0. The summed E-state index contributed by atoms with van der Waals surface area (Å²) in [6.45, 7) is 0.144. The van der Waals surface area contributed by atoms with E-state index in [9.17, 15) is 14.4 Å². The van der Waals surface area contributed by atoms with E-state index in [1.54, 1.807) is 18.2 Å². The van der Waals surface area contributed by atoms with Crippen molar-refractivity contribution in [2.75, 3.05) is 20.7 Å². The SMILES string of the molecule is CON(Cc1ccc(Cl)c(Cl)c1)C(=O)C1CN(C)C(=O)C1=O. The number of amides is 2. The van der Waals surface area contributed by atoms with Gasteiger partial charge in [0.25, 0.3) is 11.8 Å². The van der Waals surface area contributed by atoms with Gasteiger partial charge >= 0.3 is 0 Å². The molecule has 0 aromatic heterocycles. The van der Waals surface area contributed by atoms with Crippen LogP contribution in [0.3, 0.4) is 0 Å². The lowest BCUT2D eigenvalue weighted by Crippen LogP contribution is -2.38. The Balaban J connectivity index is 2.14. The summed E-state index contributed by atoms with van der Waals surface area (Å²) in [6.07, 6.45) is 0. The summed E-state index contributed by atoms with van der Waals surface area (Å²) in [4.78, 5) is 41.9. The second kappa shape index (κ2) is 6.64. The maximum absolute atomic E-state index is 12.4. The zero-order valence-electron chi connectivity index (χ0n) is 12.0. The second-order valence-corrected chi connectivity index (χ2v) is 5.72. The number of rotatable bonds is 4. The van der Waals surface area contributed by atoms with Crippen LogP contribution < -0.4 is 0 Å². The second-order valence-electron chi connectivity index (χ2n) is 4.91. The topological polar surface area (TPSA) is 66.9 Å². The number of hydrogen-bond acceptors (Lipinski definition) is 4. The van der Waals surface area contributed by atoms with Gasteiger partial charge in [-0.25, -0.2) is 5.06 Å². The number of benzene rings is 1. The van der Waals surface area contributed by atoms with Crippen molar-refractivity contribution in [3.8, 4) is 0 Å². The number of carbonyl (C=O) groups is 3. The predicted molar refractivity (Wildman–Crippen MR) is 80.2 cm³/mol. The summed E-state index contributed by atoms with van der Waals surface area (Å²) >= 11 is 11.8. The smallest absolute Gasteiger partial charge is 0.290 e. The average Bonchev–Trinajstić information content (AvgIpc) is 2.75. The van der Waals surface area contributed by atoms with Crippen molar-refractivity contribution in [3.63, 3.8) is 0 Å². The molecule has 1 aliphatic rings. The molecule has 0 N–H and O–H groups in total. The highest BCUT2D eigenvalue weighted by Crippen LogP contribution is 2.24. The Morgan fingerprint density at radius 3 is 2.55 bits per heavy atom. The van der Waals surface area contributed by atoms with Gasteiger partial charge in [-0.05, 0) is 17.7 Å². The minimum Gasteiger partial charge on any atom is -0.338 e. The van der Waals surface area contributed by atoms with Gasteiger partial charge in [-0.3, -0.25) is 19.2 Å². The van der Waals surface area contributed by atoms with Gasteiger partial charge in [-0.1, -0.05) is 29.3 Å². The molecule has 1 fully saturated rings. The number of Topliss-reactive ketones (excluding diaryl/α,β-unsaturated/α-hetero) is 1. The molecule has 1 aliphatic heterocycles. The lowest BCUT2D eigenvalue weighted by molar-refractivity contribution is -0.183. The van der Waals surface area contributed by atoms with Crippen molar-refractivity contribution in [2.24, 2.45) is 5.92 Å². The quantitative estimate of drug-likeness (QED) is 0.472. The highest BCUT2D eigenvalue weighted by Gasteiger charge is 2.43. The molecule has 0 spiro atoms. The minimum absolute atomic E-state index is 0.0533. The van der Waals surface area contributed by atoms with Crippen molar-refractivity contribution in [2.45, 2.75) is 6.54 Å². The molecule has 0 saturated carbocycles. The van der Waals surface area contributed by atoms with E-state index in [-0.39, 0.29) is 13.1 Å². The van der Waals surface area contributed by atoms with E-state index >= 15 is 0 Å². The monoisotopic (exact) mass is 344 g/mol. The maximum atomic E-state index is 12.4. The number of likely N-dealkylation sites (N-methyl/N-ethyl adjacent to an activating group) is 1. The Kier molecular flexibility index (Phi) is 5.05. The van der Waals surface area contributed by atoms with Gasteiger partial charge in [-0.2, -0.15) is 0 Å². The number of hydroxylamine groups is 2. The van der Waals surface area contributed by atoms with Gasteiger partial charge in [0.15, 0.2) is 0 Å². The molecule has 0 radical (unpaired) electrons. The molecule has 1 heterocycles. The van der Waals surface area contributed by atoms with Crippen LogP contribution in [0, 0.1) is 5.92 Å². The van der Waals surface area contributed by atoms with Gasteiger partial charge in [0.05, 0.1) is 23.7 Å². The van der Waals surface area contributed by atoms with Gasteiger partial charge in [-0.15, -0.1) is 0 Å². The molecular weight excluding hydrogens is 331 g/mol. The first-order valence-corrected chi connectivity index (χ1v) is 7.19. The highest BCUT2D eigenvalue weighted by molar-refractivity contribution is 6.42. The van der Waals surface area contributed by atoms with Crippen LogP contribution in [0.4, 0.5) is 0 Å². The standard InChI is InChI=1S/C14H14Cl2N2O4/c1-17-7-9(12(19)14(17)21)13(20)18(22-2)6-8-3-4-10(15)11(16)5-8/h3-5,9H,6-7H2,1-2H3. The van der Waals surface area contributed by atoms with Crippen molar-refractivity contribution in [3.05, 3.63) is 33.8 Å². The first kappa shape index (κ1) is 16.7. The molecule has 22 heavy (non-hydrogen) atoms. The van der Waals surface area contributed by atoms with Crippen LogP contribution in [0.25, 0.3) is 0 Å². The fraction of sp³-hybridized carbons (Fsp3) is 0.357. The zero-order valence-corrected chi connectivity index (χ0v) is 13.5. The number of likely N-dealkylation sites (tertiary alicyclic amines) is 1. The van der Waals surface area contributed by atoms with E-state index in [1.165, 1.54) is 19.1 Å². The van der Waals surface area contributed by atoms with E-state index in [2.05, 4.69) is 0 Å². The lowest BCUT2D eigenvalue weighted by atomic mass is 10.1. The summed E-state index contributed by atoms with van der Waals surface area (Å²) < 4.78 is 0. The van der Waals surface area contributed by atoms with Crippen LogP contribution >= 0.6 is 23.2 Å². The minimum atomic E-state index is -1.04. The van der Waals surface area contributed by atoms with Crippen LogP contribution in [0.15, 0.2) is 18.2 Å². The van der Waals surface area contributed by atoms with E-state index in [1.807, 2.05) is 0 Å². The predicted octanol–water partition coefficient (Wildman–Crippen LogP) is 1.54. The molecule has 1 unspecified atom stereocenters. The normalized spacial score (nSPS) is 18.0. The first-order valence-electron chi connectivity index (χ1n) is 6.44. The molecule has 1 aromatic rings. The molecule has 8 heteroatoms. The van der Waals surface area contributed by atoms with E-state index in [0.717, 1.165) is 5.06 Å². The summed E-state index contributed by atoms with van der Waals surface area (Å²) in [6, 6.07) is 4.91. The number of halogens is 2. The van der Waals surface area contributed by atoms with Crippen molar-refractivity contribution in [1.29, 1.82) is 0 Å². The first-order chi connectivity index (χ1) is 10.3. The van der Waals surface area contributed by atoms with Crippen molar-refractivity contribution >= 4 is 40.8 Å². The summed E-state index contributed by atoms with van der Waals surface area (Å²) in [5.74, 6) is -2.98. The van der Waals surface area contributed by atoms with Crippen molar-refractivity contribution in [1.82, 2.24) is 9.96 Å². The van der Waals surface area contributed by atoms with Gasteiger partial charge in [0, 0.05) is 13.6 Å².